The van der Waals surface area contributed by atoms with Gasteiger partial charge in [-0.3, -0.25) is 20.2 Å². The summed E-state index contributed by atoms with van der Waals surface area (Å²) in [5.74, 6) is 0. The number of aliphatic hydroxyl groups excluding tert-OH is 2. The van der Waals surface area contributed by atoms with E-state index in [4.69, 9.17) is 21.8 Å². The third-order valence-electron chi connectivity index (χ3n) is 2.93. The highest BCUT2D eigenvalue weighted by molar-refractivity contribution is 6.34. The zero-order valence-corrected chi connectivity index (χ0v) is 12.5. The number of hydrogen-bond acceptors (Lipinski definition) is 7. The molecule has 0 fully saturated rings. The van der Waals surface area contributed by atoms with Gasteiger partial charge in [0, 0.05) is 19.2 Å². The molecule has 0 aliphatic carbocycles. The Kier molecular flexibility index (Phi) is 6.29. The van der Waals surface area contributed by atoms with E-state index in [0.717, 1.165) is 4.90 Å². The van der Waals surface area contributed by atoms with Gasteiger partial charge in [0.1, 0.15) is 5.02 Å². The van der Waals surface area contributed by atoms with Gasteiger partial charge in [-0.25, -0.2) is 0 Å². The summed E-state index contributed by atoms with van der Waals surface area (Å²) < 4.78 is 38.8. The van der Waals surface area contributed by atoms with Crippen molar-refractivity contribution in [1.82, 2.24) is 0 Å². The quantitative estimate of drug-likeness (QED) is 0.552. The first-order valence-electron chi connectivity index (χ1n) is 6.25. The van der Waals surface area contributed by atoms with Crippen molar-refractivity contribution in [2.45, 2.75) is 6.18 Å². The van der Waals surface area contributed by atoms with Crippen LogP contribution >= 0.6 is 11.6 Å². The first-order valence-corrected chi connectivity index (χ1v) is 6.63. The summed E-state index contributed by atoms with van der Waals surface area (Å²) in [5, 5.41) is 38.9. The molecular formula is C11H11ClF3N3O6. The highest BCUT2D eigenvalue weighted by Gasteiger charge is 2.43. The van der Waals surface area contributed by atoms with Crippen LogP contribution in [0.5, 0.6) is 0 Å². The fourth-order valence-corrected chi connectivity index (χ4v) is 2.34. The molecule has 0 amide bonds. The van der Waals surface area contributed by atoms with Gasteiger partial charge >= 0.3 is 11.9 Å². The fraction of sp³-hybridized carbons (Fsp3) is 0.455. The molecule has 0 atom stereocenters. The zero-order chi connectivity index (χ0) is 18.7. The molecule has 1 aromatic carbocycles. The van der Waals surface area contributed by atoms with E-state index in [9.17, 15) is 33.4 Å². The number of hydrogen-bond donors (Lipinski definition) is 2. The minimum Gasteiger partial charge on any atom is -0.395 e. The molecule has 134 valence electrons. The van der Waals surface area contributed by atoms with Crippen molar-refractivity contribution in [3.63, 3.8) is 0 Å². The van der Waals surface area contributed by atoms with Crippen LogP contribution in [0.4, 0.5) is 30.2 Å². The lowest BCUT2D eigenvalue weighted by Crippen LogP contribution is -2.31. The lowest BCUT2D eigenvalue weighted by molar-refractivity contribution is -0.393. The van der Waals surface area contributed by atoms with Gasteiger partial charge in [0.05, 0.1) is 28.6 Å². The second-order valence-electron chi connectivity index (χ2n) is 4.40. The maximum atomic E-state index is 12.9. The van der Waals surface area contributed by atoms with Crippen molar-refractivity contribution in [2.24, 2.45) is 0 Å². The number of nitro groups is 2. The van der Waals surface area contributed by atoms with E-state index >= 15 is 0 Å². The average Bonchev–Trinajstić information content (AvgIpc) is 2.44. The molecule has 24 heavy (non-hydrogen) atoms. The molecular weight excluding hydrogens is 363 g/mol. The second kappa shape index (κ2) is 7.59. The van der Waals surface area contributed by atoms with Crippen molar-refractivity contribution in [2.75, 3.05) is 31.2 Å². The molecule has 0 aliphatic heterocycles. The molecule has 2 N–H and O–H groups in total. The van der Waals surface area contributed by atoms with Crippen LogP contribution in [0, 0.1) is 20.2 Å². The Morgan fingerprint density at radius 1 is 1.12 bits per heavy atom. The lowest BCUT2D eigenvalue weighted by Gasteiger charge is -2.23. The standard InChI is InChI=1S/C11H11ClF3N3O6/c12-8-6(11(13,14)15)5-7(17(21)22)9(10(8)18(23)24)16(1-3-19)2-4-20/h5,19-20H,1-4H2. The number of nitrogens with zero attached hydrogens (tertiary/aromatic N) is 3. The van der Waals surface area contributed by atoms with Crippen LogP contribution in [0.3, 0.4) is 0 Å². The monoisotopic (exact) mass is 373 g/mol. The number of anilines is 1. The predicted octanol–water partition coefficient (Wildman–Crippen LogP) is 1.97. The van der Waals surface area contributed by atoms with E-state index in [0.29, 0.717) is 0 Å². The molecule has 1 rings (SSSR count). The summed E-state index contributed by atoms with van der Waals surface area (Å²) in [6.45, 7) is -2.03. The van der Waals surface area contributed by atoms with Crippen LogP contribution in [0.15, 0.2) is 6.07 Å². The summed E-state index contributed by atoms with van der Waals surface area (Å²) in [6.07, 6.45) is -5.15. The van der Waals surface area contributed by atoms with Gasteiger partial charge in [-0.2, -0.15) is 13.2 Å². The Hall–Kier alpha value is -2.18. The second-order valence-corrected chi connectivity index (χ2v) is 4.78. The Labute approximate surface area is 137 Å². The Morgan fingerprint density at radius 2 is 1.62 bits per heavy atom. The zero-order valence-electron chi connectivity index (χ0n) is 11.8. The van der Waals surface area contributed by atoms with Gasteiger partial charge in [0.2, 0.25) is 0 Å². The smallest absolute Gasteiger partial charge is 0.395 e. The summed E-state index contributed by atoms with van der Waals surface area (Å²) in [6, 6.07) is 0.0897. The summed E-state index contributed by atoms with van der Waals surface area (Å²) in [7, 11) is 0. The SMILES string of the molecule is O=[N+]([O-])c1cc(C(F)(F)F)c(Cl)c([N+](=O)[O-])c1N(CCO)CCO. The summed E-state index contributed by atoms with van der Waals surface area (Å²) in [5.41, 5.74) is -5.06. The van der Waals surface area contributed by atoms with E-state index in [-0.39, 0.29) is 6.07 Å². The van der Waals surface area contributed by atoms with Crippen molar-refractivity contribution < 1.29 is 33.2 Å². The number of rotatable bonds is 7. The van der Waals surface area contributed by atoms with Crippen LogP contribution in [0.25, 0.3) is 0 Å². The van der Waals surface area contributed by atoms with E-state index in [1.807, 2.05) is 0 Å². The van der Waals surface area contributed by atoms with Crippen LogP contribution in [-0.4, -0.2) is 46.4 Å². The van der Waals surface area contributed by atoms with Crippen molar-refractivity contribution in [3.8, 4) is 0 Å². The third kappa shape index (κ3) is 4.01. The van der Waals surface area contributed by atoms with Gasteiger partial charge < -0.3 is 15.1 Å². The molecule has 1 aromatic rings. The highest BCUT2D eigenvalue weighted by Crippen LogP contribution is 2.48. The van der Waals surface area contributed by atoms with Crippen LogP contribution in [0.1, 0.15) is 5.56 Å². The molecule has 0 aromatic heterocycles. The molecule has 0 aliphatic rings. The van der Waals surface area contributed by atoms with Gasteiger partial charge in [0.25, 0.3) is 5.69 Å². The minimum atomic E-state index is -5.15. The van der Waals surface area contributed by atoms with E-state index < -0.39 is 70.0 Å². The average molecular weight is 374 g/mol. The minimum absolute atomic E-state index is 0.0897. The first kappa shape index (κ1) is 19.9. The largest absolute Gasteiger partial charge is 0.418 e. The van der Waals surface area contributed by atoms with Crippen LogP contribution in [-0.2, 0) is 6.18 Å². The third-order valence-corrected chi connectivity index (χ3v) is 3.32. The lowest BCUT2D eigenvalue weighted by atomic mass is 10.1. The molecule has 13 heteroatoms. The number of benzene rings is 1. The topological polar surface area (TPSA) is 130 Å². The number of nitro benzene ring substituents is 2. The summed E-state index contributed by atoms with van der Waals surface area (Å²) >= 11 is 5.48. The molecule has 0 radical (unpaired) electrons. The van der Waals surface area contributed by atoms with Crippen molar-refractivity contribution >= 4 is 28.7 Å². The van der Waals surface area contributed by atoms with E-state index in [2.05, 4.69) is 0 Å². The van der Waals surface area contributed by atoms with Gasteiger partial charge in [0.15, 0.2) is 5.69 Å². The Bertz CT molecular complexity index is 649. The molecule has 0 bridgehead atoms. The number of aliphatic hydroxyl groups is 2. The molecule has 9 nitrogen and oxygen atoms in total. The normalized spacial score (nSPS) is 11.4. The molecule has 0 spiro atoms. The van der Waals surface area contributed by atoms with Gasteiger partial charge in [-0.1, -0.05) is 11.6 Å². The van der Waals surface area contributed by atoms with Crippen molar-refractivity contribution in [3.05, 3.63) is 36.9 Å². The maximum absolute atomic E-state index is 12.9. The van der Waals surface area contributed by atoms with Gasteiger partial charge in [-0.05, 0) is 0 Å². The number of alkyl halides is 3. The Morgan fingerprint density at radius 3 is 1.96 bits per heavy atom. The maximum Gasteiger partial charge on any atom is 0.418 e. The molecule has 0 unspecified atom stereocenters. The highest BCUT2D eigenvalue weighted by atomic mass is 35.5. The fourth-order valence-electron chi connectivity index (χ4n) is 2.02. The predicted molar refractivity (Wildman–Crippen MR) is 76.1 cm³/mol. The Balaban J connectivity index is 3.87. The van der Waals surface area contributed by atoms with Crippen molar-refractivity contribution in [1.29, 1.82) is 0 Å². The van der Waals surface area contributed by atoms with E-state index in [1.54, 1.807) is 0 Å². The van der Waals surface area contributed by atoms with Gasteiger partial charge in [-0.15, -0.1) is 0 Å². The molecule has 0 saturated heterocycles. The van der Waals surface area contributed by atoms with Crippen LogP contribution < -0.4 is 4.90 Å². The van der Waals surface area contributed by atoms with E-state index in [1.165, 1.54) is 0 Å². The number of halogens is 4. The summed E-state index contributed by atoms with van der Waals surface area (Å²) in [4.78, 5) is 20.6. The molecule has 0 saturated carbocycles. The molecule has 0 heterocycles. The first-order chi connectivity index (χ1) is 11.1. The van der Waals surface area contributed by atoms with Crippen LogP contribution in [0.2, 0.25) is 5.02 Å².